The van der Waals surface area contributed by atoms with Crippen molar-refractivity contribution in [2.24, 2.45) is 40.9 Å². The molecule has 2 aromatic heterocycles. The molecule has 770 valence electrons. The molecule has 3 heterocycles. The minimum Gasteiger partial charge on any atom is -0.508 e. The number of aliphatic carboxylic acids is 1. The Kier molecular flexibility index (Phi) is 44.9. The van der Waals surface area contributed by atoms with Crippen molar-refractivity contribution < 1.29 is 96.8 Å². The molecule has 1 aliphatic heterocycles. The number of thioether (sulfide) groups is 1. The van der Waals surface area contributed by atoms with E-state index in [0.717, 1.165) is 17.4 Å². The fourth-order valence-corrected chi connectivity index (χ4v) is 16.3. The lowest BCUT2D eigenvalue weighted by Crippen LogP contribution is -2.62. The summed E-state index contributed by atoms with van der Waals surface area (Å²) < 4.78 is 0. The number of H-pyrrole nitrogens is 1. The zero-order valence-electron chi connectivity index (χ0n) is 81.7. The third-order valence-corrected chi connectivity index (χ3v) is 24.4. The predicted molar refractivity (Wildman–Crippen MR) is 530 cm³/mol. The molecule has 44 nitrogen and oxygen atoms in total. The summed E-state index contributed by atoms with van der Waals surface area (Å²) in [7, 11) is 1.26. The molecule has 0 bridgehead atoms. The molecule has 1 fully saturated rings. The first-order valence-electron chi connectivity index (χ1n) is 47.0. The van der Waals surface area contributed by atoms with E-state index < -0.39 is 245 Å². The van der Waals surface area contributed by atoms with E-state index in [0.29, 0.717) is 44.9 Å². The molecule has 0 aliphatic carbocycles. The molecule has 1 aliphatic rings. The van der Waals surface area contributed by atoms with E-state index in [9.17, 15) is 63.3 Å². The molecule has 16 amide bonds. The van der Waals surface area contributed by atoms with Gasteiger partial charge in [-0.25, -0.2) is 0 Å². The fourth-order valence-electron chi connectivity index (χ4n) is 15.4. The lowest BCUT2D eigenvalue weighted by atomic mass is 9.98. The number of para-hydroxylation sites is 1. The van der Waals surface area contributed by atoms with Crippen LogP contribution in [0.15, 0.2) is 134 Å². The maximum Gasteiger partial charge on any atom is 0.305 e. The number of phenolic OH excluding ortho intramolecular Hbond substituents is 1. The molecule has 0 radical (unpaired) electrons. The number of aromatic hydroxyl groups is 1. The number of hydrogen-bond acceptors (Lipinski definition) is 23. The molecule has 1 saturated heterocycles. The summed E-state index contributed by atoms with van der Waals surface area (Å²) in [5, 5.41) is 90.5. The van der Waals surface area contributed by atoms with Crippen molar-refractivity contribution in [2.75, 3.05) is 31.6 Å². The van der Waals surface area contributed by atoms with Gasteiger partial charge in [-0.1, -0.05) is 146 Å². The number of pyridine rings is 1. The molecule has 0 unspecified atom stereocenters. The number of carbonyl (C=O) groups excluding carboxylic acids is 16. The Bertz CT molecular complexity index is 5380. The van der Waals surface area contributed by atoms with E-state index >= 15 is 33.6 Å². The van der Waals surface area contributed by atoms with Gasteiger partial charge in [0.05, 0.1) is 18.3 Å². The second kappa shape index (κ2) is 55.9. The van der Waals surface area contributed by atoms with Gasteiger partial charge in [0.25, 0.3) is 0 Å². The number of aliphatic hydroxyl groups is 1. The number of likely N-dealkylation sites (N-methyl/N-ethyl adjacent to an activating group) is 1. The van der Waals surface area contributed by atoms with Crippen molar-refractivity contribution in [2.45, 2.75) is 244 Å². The van der Waals surface area contributed by atoms with Gasteiger partial charge >= 0.3 is 5.97 Å². The van der Waals surface area contributed by atoms with Crippen LogP contribution in [0.2, 0.25) is 0 Å². The third kappa shape index (κ3) is 36.8. The highest BCUT2D eigenvalue weighted by molar-refractivity contribution is 8.00. The monoisotopic (exact) mass is 1990 g/mol. The van der Waals surface area contributed by atoms with Crippen LogP contribution in [0.1, 0.15) is 143 Å². The minimum atomic E-state index is -2.09. The molecule has 142 heavy (non-hydrogen) atoms. The summed E-state index contributed by atoms with van der Waals surface area (Å²) in [5.41, 5.74) is 20.5. The number of primary amides is 1. The fraction of sp³-hybridized carbons (Fsp3) is 0.485. The van der Waals surface area contributed by atoms with Gasteiger partial charge < -0.3 is 127 Å². The molecule has 16 atom stereocenters. The van der Waals surface area contributed by atoms with E-state index in [4.69, 9.17) is 28.0 Å². The van der Waals surface area contributed by atoms with Gasteiger partial charge in [-0.05, 0) is 141 Å². The number of amides is 16. The summed E-state index contributed by atoms with van der Waals surface area (Å²) in [6.07, 6.45) is -0.0104. The predicted octanol–water partition coefficient (Wildman–Crippen LogP) is -1.12. The second-order valence-corrected chi connectivity index (χ2v) is 37.8. The van der Waals surface area contributed by atoms with E-state index in [2.05, 4.69) is 95.0 Å². The van der Waals surface area contributed by atoms with Crippen LogP contribution in [-0.2, 0) is 107 Å². The number of nitrogens with one attached hydrogen (secondary N) is 19. The molecule has 6 aromatic rings. The van der Waals surface area contributed by atoms with Crippen molar-refractivity contribution in [1.82, 2.24) is 99.9 Å². The minimum absolute atomic E-state index is 0.00350. The summed E-state index contributed by atoms with van der Waals surface area (Å²) in [6.45, 7) is 16.8. The lowest BCUT2D eigenvalue weighted by Gasteiger charge is -2.32. The number of nitrogens with two attached hydrogens (primary N) is 3. The molecule has 7 rings (SSSR count). The van der Waals surface area contributed by atoms with Crippen LogP contribution < -0.4 is 102 Å². The zero-order chi connectivity index (χ0) is 105. The van der Waals surface area contributed by atoms with Crippen molar-refractivity contribution in [3.63, 3.8) is 0 Å². The second-order valence-electron chi connectivity index (χ2n) is 36.7. The van der Waals surface area contributed by atoms with Crippen LogP contribution in [0.5, 0.6) is 5.75 Å². The number of carbonyl (C=O) groups is 17. The quantitative estimate of drug-likeness (QED) is 0.0150. The highest BCUT2D eigenvalue weighted by atomic mass is 32.2. The van der Waals surface area contributed by atoms with Gasteiger partial charge in [-0.3, -0.25) is 97.3 Å². The number of carboxylic acid groups (broad SMARTS) is 1. The Balaban J connectivity index is 1.36. The Hall–Kier alpha value is -14.8. The summed E-state index contributed by atoms with van der Waals surface area (Å²) >= 11 is 0.707. The van der Waals surface area contributed by atoms with E-state index in [1.54, 1.807) is 145 Å². The highest BCUT2D eigenvalue weighted by Crippen LogP contribution is 2.24. The number of aromatic nitrogens is 2. The van der Waals surface area contributed by atoms with Gasteiger partial charge in [0.1, 0.15) is 96.4 Å². The molecule has 0 saturated carbocycles. The number of nitrogens with zero attached hydrogens (tertiary/aromatic N) is 2. The maximum absolute atomic E-state index is 15.5. The number of aromatic amines is 1. The van der Waals surface area contributed by atoms with Gasteiger partial charge in [0.2, 0.25) is 94.5 Å². The number of aliphatic hydroxyl groups excluding tert-OH is 1. The smallest absolute Gasteiger partial charge is 0.305 e. The van der Waals surface area contributed by atoms with Crippen LogP contribution in [0, 0.1) is 34.5 Å². The number of guanidine groups is 2. The van der Waals surface area contributed by atoms with Crippen LogP contribution in [0.4, 0.5) is 0 Å². The molecule has 28 N–H and O–H groups in total. The Morgan fingerprint density at radius 3 is 1.43 bits per heavy atom. The van der Waals surface area contributed by atoms with E-state index in [1.165, 1.54) is 59.0 Å². The standard InChI is InChI=1S/C97H136N24O20S/c1-50(2)39-68-84(130)109-66(26-19-37-104-96(99)100)83(129)112-69(40-51(3)4)89(135)119-79(53(7)8)93(139)120-80(56(11)122)94(140)117-75(91(137)107-54(9)81(98)127)48-142-49-76(124)108-70(41-57-21-14-13-15-22-57)85(131)113-71(43-59-30-34-63(123)35-31-59)87(133)115-74(45-77(125)126)88(134)114-73(44-62-47-106-65-25-17-16-24-64(62)65)90(136)118-78(52(5)6)92(138)116-72(42-58-28-32-60(33-29-58)61-23-18-36-103-46-61)86(132)110-67(27-20-38-105-97(101)102)95(141)121(12)55(10)82(128)111-68/h13-18,21-25,28-36,46-47,50-56,66-75,78-80,106,122-123H,19-20,26-27,37-45,48-49H2,1-12H3,(H2,98,127)(H,107,137)(H,108,124)(H,109,130)(H,110,132)(H,111,128)(H,112,129)(H,113,131)(H,114,134)(H,115,133)(H,116,138)(H,117,140)(H,118,136)(H,119,135)(H,120,139)(H,125,126)(H4,99,100,104)(H4,101,102,105)/t54-,55-,56+,66-,67-,68+,69-,70-,71-,72-,73-,74-,75-,78-,79-,80-/m0/s1. The largest absolute Gasteiger partial charge is 0.508 e. The van der Waals surface area contributed by atoms with Crippen LogP contribution in [0.3, 0.4) is 0 Å². The molecular formula is C97H136N24O20S. The van der Waals surface area contributed by atoms with Crippen molar-refractivity contribution >= 4 is 135 Å². The summed E-state index contributed by atoms with van der Waals surface area (Å²) in [4.78, 5) is 259. The number of benzene rings is 4. The molecule has 0 spiro atoms. The first-order chi connectivity index (χ1) is 67.2. The molecule has 4 aromatic carbocycles. The number of carboxylic acids is 1. The number of rotatable bonds is 29. The van der Waals surface area contributed by atoms with Crippen LogP contribution in [-0.4, -0.2) is 271 Å². The Labute approximate surface area is 827 Å². The normalized spacial score (nSPS) is 23.0. The first kappa shape index (κ1) is 114. The summed E-state index contributed by atoms with van der Waals surface area (Å²) in [5.74, 6) is -22.5. The van der Waals surface area contributed by atoms with Gasteiger partial charge in [0, 0.05) is 81.1 Å². The number of fused-ring (bicyclic) bond motifs is 1. The SMILES string of the molecule is CC(C)C[C@@H]1NC(=O)[C@H](CCCNC(=N)N)NC(=O)[C@@H](CC(C)C)NC(=O)[C@H](C)N(C)C(=O)[C@H](CCCNC(=N)N)NC(=O)[C@H](Cc2ccc(-c3cccnc3)cc2)NC(=O)[C@H](C(C)C)NC(=O)[C@H](Cc2c[nH]c3ccccc23)NC(=O)[C@H](CC(=O)O)NC(=O)[C@H](Cc2ccc(O)cc2)NC(=O)[C@H](Cc2ccccc2)NC(=O)CSC[C@@H](C(=O)N[C@@H](C)C(N)=O)NC(=O)[C@H]([C@@H](C)O)NC(=O)[C@H](C(C)C)NC1=O. The zero-order valence-corrected chi connectivity index (χ0v) is 82.5. The lowest BCUT2D eigenvalue weighted by molar-refractivity contribution is -0.143. The third-order valence-electron chi connectivity index (χ3n) is 23.4. The van der Waals surface area contributed by atoms with Crippen molar-refractivity contribution in [3.05, 3.63) is 156 Å². The molecular weight excluding hydrogens is 1850 g/mol. The first-order valence-corrected chi connectivity index (χ1v) is 48.1. The van der Waals surface area contributed by atoms with Gasteiger partial charge in [-0.2, -0.15) is 0 Å². The van der Waals surface area contributed by atoms with Gasteiger partial charge in [0.15, 0.2) is 11.9 Å². The van der Waals surface area contributed by atoms with Crippen molar-refractivity contribution in [3.8, 4) is 16.9 Å². The van der Waals surface area contributed by atoms with Crippen LogP contribution >= 0.6 is 11.8 Å². The number of hydrogen-bond donors (Lipinski definition) is 25. The van der Waals surface area contributed by atoms with E-state index in [-0.39, 0.29) is 94.0 Å². The Morgan fingerprint density at radius 2 is 0.908 bits per heavy atom. The number of phenols is 1. The summed E-state index contributed by atoms with van der Waals surface area (Å²) in [6, 6.07) is 6.41. The topological polar surface area (TPSA) is 701 Å². The van der Waals surface area contributed by atoms with E-state index in [1.807, 2.05) is 6.07 Å². The Morgan fingerprint density at radius 1 is 0.479 bits per heavy atom. The van der Waals surface area contributed by atoms with Crippen molar-refractivity contribution in [1.29, 1.82) is 10.8 Å². The van der Waals surface area contributed by atoms with Gasteiger partial charge in [-0.15, -0.1) is 11.8 Å². The highest BCUT2D eigenvalue weighted by Gasteiger charge is 2.42. The van der Waals surface area contributed by atoms with Crippen LogP contribution in [0.25, 0.3) is 22.0 Å². The molecule has 45 heteroatoms. The maximum atomic E-state index is 15.5. The average Bonchev–Trinajstić information content (AvgIpc) is 1.66. The average molecular weight is 1990 g/mol.